The minimum absolute atomic E-state index is 0.183. The Bertz CT molecular complexity index is 241. The molecule has 0 N–H and O–H groups in total. The van der Waals surface area contributed by atoms with Crippen molar-refractivity contribution in [1.29, 1.82) is 0 Å². The Hall–Kier alpha value is -0.830. The molecule has 0 bridgehead atoms. The lowest BCUT2D eigenvalue weighted by atomic mass is 10.2. The quantitative estimate of drug-likeness (QED) is 0.462. The maximum absolute atomic E-state index is 10.2. The molecule has 0 aromatic heterocycles. The van der Waals surface area contributed by atoms with E-state index < -0.39 is 0 Å². The summed E-state index contributed by atoms with van der Waals surface area (Å²) in [7, 11) is 0. The maximum atomic E-state index is 10.2. The molecule has 0 aliphatic carbocycles. The summed E-state index contributed by atoms with van der Waals surface area (Å²) in [5.41, 5.74) is 0.750. The number of hydrogen-bond acceptors (Lipinski definition) is 3. The SMILES string of the molecule is CC1=C(C)C(=O)O1.CCC1OC1C. The van der Waals surface area contributed by atoms with Crippen LogP contribution in [0.5, 0.6) is 0 Å². The van der Waals surface area contributed by atoms with Gasteiger partial charge in [0.1, 0.15) is 5.76 Å². The van der Waals surface area contributed by atoms with E-state index in [0.717, 1.165) is 11.3 Å². The van der Waals surface area contributed by atoms with Crippen molar-refractivity contribution in [2.45, 2.75) is 46.3 Å². The van der Waals surface area contributed by atoms with Crippen molar-refractivity contribution in [3.63, 3.8) is 0 Å². The third-order valence-electron chi connectivity index (χ3n) is 2.32. The summed E-state index contributed by atoms with van der Waals surface area (Å²) in [5, 5.41) is 0. The van der Waals surface area contributed by atoms with Gasteiger partial charge in [0.25, 0.3) is 0 Å². The van der Waals surface area contributed by atoms with E-state index in [0.29, 0.717) is 12.2 Å². The van der Waals surface area contributed by atoms with Crippen LogP contribution in [0.3, 0.4) is 0 Å². The van der Waals surface area contributed by atoms with Crippen molar-refractivity contribution >= 4 is 5.97 Å². The third kappa shape index (κ3) is 2.56. The first-order valence-corrected chi connectivity index (χ1v) is 4.61. The second kappa shape index (κ2) is 3.92. The van der Waals surface area contributed by atoms with Crippen molar-refractivity contribution in [2.24, 2.45) is 0 Å². The summed E-state index contributed by atoms with van der Waals surface area (Å²) < 4.78 is 9.56. The molecule has 2 unspecified atom stereocenters. The zero-order chi connectivity index (χ0) is 10.0. The molecular weight excluding hydrogens is 168 g/mol. The molecule has 3 heteroatoms. The monoisotopic (exact) mass is 184 g/mol. The summed E-state index contributed by atoms with van der Waals surface area (Å²) in [6.45, 7) is 7.78. The molecule has 2 heterocycles. The first kappa shape index (κ1) is 10.3. The van der Waals surface area contributed by atoms with Gasteiger partial charge in [-0.05, 0) is 27.2 Å². The van der Waals surface area contributed by atoms with E-state index >= 15 is 0 Å². The van der Waals surface area contributed by atoms with Gasteiger partial charge < -0.3 is 9.47 Å². The molecule has 74 valence electrons. The predicted octanol–water partition coefficient (Wildman–Crippen LogP) is 2.02. The molecule has 3 nitrogen and oxygen atoms in total. The summed E-state index contributed by atoms with van der Waals surface area (Å²) in [6, 6.07) is 0. The number of carbonyl (C=O) groups excluding carboxylic acids is 1. The van der Waals surface area contributed by atoms with Gasteiger partial charge in [-0.15, -0.1) is 0 Å². The molecule has 1 fully saturated rings. The summed E-state index contributed by atoms with van der Waals surface area (Å²) >= 11 is 0. The van der Waals surface area contributed by atoms with Crippen LogP contribution in [-0.2, 0) is 14.3 Å². The van der Waals surface area contributed by atoms with Crippen molar-refractivity contribution < 1.29 is 14.3 Å². The zero-order valence-electron chi connectivity index (χ0n) is 8.59. The normalized spacial score (nSPS) is 30.0. The second-order valence-electron chi connectivity index (χ2n) is 3.36. The van der Waals surface area contributed by atoms with E-state index in [9.17, 15) is 4.79 Å². The molecule has 1 saturated heterocycles. The summed E-state index contributed by atoms with van der Waals surface area (Å²) in [5.74, 6) is 0.572. The molecule has 0 radical (unpaired) electrons. The van der Waals surface area contributed by atoms with Crippen molar-refractivity contribution in [3.05, 3.63) is 11.3 Å². The number of epoxide rings is 1. The van der Waals surface area contributed by atoms with E-state index in [-0.39, 0.29) is 5.97 Å². The average Bonchev–Trinajstić information content (AvgIpc) is 2.83. The van der Waals surface area contributed by atoms with Crippen LogP contribution in [0.25, 0.3) is 0 Å². The first-order chi connectivity index (χ1) is 6.06. The second-order valence-corrected chi connectivity index (χ2v) is 3.36. The maximum Gasteiger partial charge on any atom is 0.342 e. The fourth-order valence-electron chi connectivity index (χ4n) is 1.05. The number of rotatable bonds is 1. The molecule has 2 rings (SSSR count). The van der Waals surface area contributed by atoms with Crippen LogP contribution in [-0.4, -0.2) is 18.2 Å². The Labute approximate surface area is 78.7 Å². The largest absolute Gasteiger partial charge is 0.427 e. The van der Waals surface area contributed by atoms with E-state index in [1.54, 1.807) is 13.8 Å². The van der Waals surface area contributed by atoms with Gasteiger partial charge in [0.2, 0.25) is 0 Å². The van der Waals surface area contributed by atoms with Gasteiger partial charge >= 0.3 is 5.97 Å². The fraction of sp³-hybridized carbons (Fsp3) is 0.700. The van der Waals surface area contributed by atoms with Gasteiger partial charge in [-0.1, -0.05) is 6.92 Å². The topological polar surface area (TPSA) is 38.8 Å². The molecule has 2 aliphatic heterocycles. The van der Waals surface area contributed by atoms with Crippen molar-refractivity contribution in [3.8, 4) is 0 Å². The van der Waals surface area contributed by atoms with E-state index in [1.165, 1.54) is 6.42 Å². The third-order valence-corrected chi connectivity index (χ3v) is 2.32. The molecule has 0 amide bonds. The van der Waals surface area contributed by atoms with Crippen molar-refractivity contribution in [2.75, 3.05) is 0 Å². The molecule has 0 spiro atoms. The molecule has 0 aromatic carbocycles. The smallest absolute Gasteiger partial charge is 0.342 e. The Balaban J connectivity index is 0.000000132. The standard InChI is InChI=1S/C5H6O2.C5H10O/c1-3-4(2)7-5(3)6;1-3-5-4(2)6-5/h1-2H3;4-5H,3H2,1-2H3. The Morgan fingerprint density at radius 2 is 1.92 bits per heavy atom. The Kier molecular flexibility index (Phi) is 3.09. The van der Waals surface area contributed by atoms with Gasteiger partial charge in [-0.2, -0.15) is 0 Å². The molecular formula is C10H16O3. The fourth-order valence-corrected chi connectivity index (χ4v) is 1.05. The van der Waals surface area contributed by atoms with Crippen LogP contribution in [0.1, 0.15) is 34.1 Å². The number of allylic oxidation sites excluding steroid dienone is 1. The van der Waals surface area contributed by atoms with Crippen LogP contribution in [0, 0.1) is 0 Å². The minimum Gasteiger partial charge on any atom is -0.427 e. The lowest BCUT2D eigenvalue weighted by Gasteiger charge is -2.14. The predicted molar refractivity (Wildman–Crippen MR) is 49.1 cm³/mol. The molecule has 2 atom stereocenters. The highest BCUT2D eigenvalue weighted by Gasteiger charge is 2.31. The first-order valence-electron chi connectivity index (χ1n) is 4.61. The lowest BCUT2D eigenvalue weighted by Crippen LogP contribution is -2.16. The number of esters is 1. The molecule has 13 heavy (non-hydrogen) atoms. The van der Waals surface area contributed by atoms with Crippen LogP contribution < -0.4 is 0 Å². The number of ether oxygens (including phenoxy) is 2. The highest BCUT2D eigenvalue weighted by Crippen LogP contribution is 2.23. The van der Waals surface area contributed by atoms with Gasteiger partial charge in [0, 0.05) is 0 Å². The zero-order valence-corrected chi connectivity index (χ0v) is 8.59. The Morgan fingerprint density at radius 1 is 1.38 bits per heavy atom. The average molecular weight is 184 g/mol. The highest BCUT2D eigenvalue weighted by molar-refractivity contribution is 5.94. The van der Waals surface area contributed by atoms with Gasteiger partial charge in [-0.3, -0.25) is 0 Å². The van der Waals surface area contributed by atoms with Gasteiger partial charge in [0.15, 0.2) is 0 Å². The summed E-state index contributed by atoms with van der Waals surface area (Å²) in [6.07, 6.45) is 2.35. The highest BCUT2D eigenvalue weighted by atomic mass is 16.6. The van der Waals surface area contributed by atoms with E-state index in [2.05, 4.69) is 18.6 Å². The number of hydrogen-bond donors (Lipinski definition) is 0. The number of carbonyl (C=O) groups is 1. The van der Waals surface area contributed by atoms with Crippen LogP contribution in [0.4, 0.5) is 0 Å². The lowest BCUT2D eigenvalue weighted by molar-refractivity contribution is -0.140. The Morgan fingerprint density at radius 3 is 1.92 bits per heavy atom. The van der Waals surface area contributed by atoms with Crippen LogP contribution in [0.15, 0.2) is 11.3 Å². The van der Waals surface area contributed by atoms with Crippen molar-refractivity contribution in [1.82, 2.24) is 0 Å². The minimum atomic E-state index is -0.183. The van der Waals surface area contributed by atoms with E-state index in [4.69, 9.17) is 4.74 Å². The molecule has 2 aliphatic rings. The van der Waals surface area contributed by atoms with Crippen LogP contribution in [0.2, 0.25) is 0 Å². The van der Waals surface area contributed by atoms with E-state index in [1.807, 2.05) is 0 Å². The van der Waals surface area contributed by atoms with Gasteiger partial charge in [-0.25, -0.2) is 4.79 Å². The number of cyclic esters (lactones) is 1. The van der Waals surface area contributed by atoms with Gasteiger partial charge in [0.05, 0.1) is 17.8 Å². The summed E-state index contributed by atoms with van der Waals surface area (Å²) in [4.78, 5) is 10.2. The molecule has 0 aromatic rings. The molecule has 0 saturated carbocycles. The van der Waals surface area contributed by atoms with Crippen LogP contribution >= 0.6 is 0 Å².